The minimum atomic E-state index is 0.785. The summed E-state index contributed by atoms with van der Waals surface area (Å²) in [5, 5.41) is 3.73. The zero-order valence-electron chi connectivity index (χ0n) is 8.21. The van der Waals surface area contributed by atoms with E-state index in [1.54, 1.807) is 0 Å². The van der Waals surface area contributed by atoms with Gasteiger partial charge in [-0.3, -0.25) is 0 Å². The van der Waals surface area contributed by atoms with Gasteiger partial charge in [0.1, 0.15) is 0 Å². The van der Waals surface area contributed by atoms with Gasteiger partial charge in [0.05, 0.1) is 0 Å². The molecule has 0 aromatic heterocycles. The Bertz CT molecular complexity index is 152. The molecular formula is C10H20N2. The van der Waals surface area contributed by atoms with Gasteiger partial charge in [0, 0.05) is 18.6 Å². The zero-order valence-corrected chi connectivity index (χ0v) is 8.21. The first kappa shape index (κ1) is 8.52. The second kappa shape index (κ2) is 3.35. The van der Waals surface area contributed by atoms with E-state index in [0.717, 1.165) is 18.0 Å². The molecule has 70 valence electrons. The Morgan fingerprint density at radius 1 is 1.25 bits per heavy atom. The van der Waals surface area contributed by atoms with E-state index in [1.165, 1.54) is 32.4 Å². The maximum atomic E-state index is 3.73. The van der Waals surface area contributed by atoms with Gasteiger partial charge >= 0.3 is 0 Å². The first-order valence-electron chi connectivity index (χ1n) is 5.18. The SMILES string of the molecule is CN1CC[C@H](N[C@H]2C[C@@H](C)C2)C1. The van der Waals surface area contributed by atoms with Gasteiger partial charge in [0.2, 0.25) is 0 Å². The quantitative estimate of drug-likeness (QED) is 0.663. The van der Waals surface area contributed by atoms with Crippen LogP contribution in [0.15, 0.2) is 0 Å². The van der Waals surface area contributed by atoms with Crippen LogP contribution in [-0.4, -0.2) is 37.1 Å². The van der Waals surface area contributed by atoms with Crippen molar-refractivity contribution in [3.8, 4) is 0 Å². The van der Waals surface area contributed by atoms with E-state index in [4.69, 9.17) is 0 Å². The molecule has 0 aromatic rings. The van der Waals surface area contributed by atoms with E-state index in [-0.39, 0.29) is 0 Å². The molecule has 1 saturated heterocycles. The van der Waals surface area contributed by atoms with Crippen molar-refractivity contribution in [3.05, 3.63) is 0 Å². The Morgan fingerprint density at radius 3 is 2.50 bits per heavy atom. The van der Waals surface area contributed by atoms with Gasteiger partial charge in [-0.25, -0.2) is 0 Å². The third-order valence-corrected chi connectivity index (χ3v) is 3.24. The standard InChI is InChI=1S/C10H20N2/c1-8-5-10(6-8)11-9-3-4-12(2)7-9/h8-11H,3-7H2,1-2H3/t8-,9-,10+/m0/s1. The van der Waals surface area contributed by atoms with E-state index < -0.39 is 0 Å². The zero-order chi connectivity index (χ0) is 8.55. The average molecular weight is 168 g/mol. The largest absolute Gasteiger partial charge is 0.310 e. The Morgan fingerprint density at radius 2 is 2.00 bits per heavy atom. The van der Waals surface area contributed by atoms with Crippen LogP contribution in [-0.2, 0) is 0 Å². The molecule has 0 bridgehead atoms. The molecule has 1 N–H and O–H groups in total. The Labute approximate surface area is 75.3 Å². The van der Waals surface area contributed by atoms with Crippen LogP contribution in [0, 0.1) is 5.92 Å². The van der Waals surface area contributed by atoms with E-state index in [2.05, 4.69) is 24.2 Å². The fourth-order valence-corrected chi connectivity index (χ4v) is 2.44. The predicted molar refractivity (Wildman–Crippen MR) is 51.2 cm³/mol. The molecule has 0 amide bonds. The normalized spacial score (nSPS) is 43.0. The number of rotatable bonds is 2. The summed E-state index contributed by atoms with van der Waals surface area (Å²) in [7, 11) is 2.21. The van der Waals surface area contributed by atoms with E-state index in [9.17, 15) is 0 Å². The summed E-state index contributed by atoms with van der Waals surface area (Å²) in [4.78, 5) is 2.42. The van der Waals surface area contributed by atoms with Gasteiger partial charge in [-0.15, -0.1) is 0 Å². The summed E-state index contributed by atoms with van der Waals surface area (Å²) in [5.41, 5.74) is 0. The molecule has 1 saturated carbocycles. The van der Waals surface area contributed by atoms with Crippen molar-refractivity contribution in [2.45, 2.75) is 38.3 Å². The van der Waals surface area contributed by atoms with E-state index in [0.29, 0.717) is 0 Å². The van der Waals surface area contributed by atoms with Gasteiger partial charge < -0.3 is 10.2 Å². The lowest BCUT2D eigenvalue weighted by molar-refractivity contribution is 0.222. The lowest BCUT2D eigenvalue weighted by atomic mass is 9.81. The first-order chi connectivity index (χ1) is 5.74. The van der Waals surface area contributed by atoms with Crippen LogP contribution in [0.1, 0.15) is 26.2 Å². The summed E-state index contributed by atoms with van der Waals surface area (Å²) in [6.45, 7) is 4.88. The molecule has 0 spiro atoms. The van der Waals surface area contributed by atoms with Gasteiger partial charge in [-0.1, -0.05) is 6.92 Å². The highest BCUT2D eigenvalue weighted by atomic mass is 15.2. The van der Waals surface area contributed by atoms with Crippen LogP contribution in [0.2, 0.25) is 0 Å². The summed E-state index contributed by atoms with van der Waals surface area (Å²) in [5.74, 6) is 0.974. The highest BCUT2D eigenvalue weighted by molar-refractivity contribution is 4.88. The van der Waals surface area contributed by atoms with E-state index >= 15 is 0 Å². The van der Waals surface area contributed by atoms with Crippen LogP contribution in [0.5, 0.6) is 0 Å². The molecular weight excluding hydrogens is 148 g/mol. The molecule has 0 radical (unpaired) electrons. The highest BCUT2D eigenvalue weighted by Crippen LogP contribution is 2.27. The smallest absolute Gasteiger partial charge is 0.0209 e. The number of hydrogen-bond donors (Lipinski definition) is 1. The number of likely N-dealkylation sites (N-methyl/N-ethyl adjacent to an activating group) is 1. The Hall–Kier alpha value is -0.0800. The van der Waals surface area contributed by atoms with Crippen molar-refractivity contribution in [2.75, 3.05) is 20.1 Å². The highest BCUT2D eigenvalue weighted by Gasteiger charge is 2.29. The molecule has 0 aromatic carbocycles. The van der Waals surface area contributed by atoms with Crippen LogP contribution >= 0.6 is 0 Å². The van der Waals surface area contributed by atoms with Gasteiger partial charge in [0.25, 0.3) is 0 Å². The summed E-state index contributed by atoms with van der Waals surface area (Å²) in [6.07, 6.45) is 4.15. The van der Waals surface area contributed by atoms with E-state index in [1.807, 2.05) is 0 Å². The number of likely N-dealkylation sites (tertiary alicyclic amines) is 1. The predicted octanol–water partition coefficient (Wildman–Crippen LogP) is 1.08. The second-order valence-electron chi connectivity index (χ2n) is 4.69. The topological polar surface area (TPSA) is 15.3 Å². The van der Waals surface area contributed by atoms with Crippen molar-refractivity contribution in [1.82, 2.24) is 10.2 Å². The first-order valence-corrected chi connectivity index (χ1v) is 5.18. The molecule has 0 unspecified atom stereocenters. The van der Waals surface area contributed by atoms with Crippen LogP contribution in [0.25, 0.3) is 0 Å². The monoisotopic (exact) mass is 168 g/mol. The lowest BCUT2D eigenvalue weighted by Gasteiger charge is -2.35. The molecule has 2 rings (SSSR count). The molecule has 12 heavy (non-hydrogen) atoms. The number of nitrogens with one attached hydrogen (secondary N) is 1. The molecule has 1 aliphatic carbocycles. The van der Waals surface area contributed by atoms with Crippen LogP contribution in [0.3, 0.4) is 0 Å². The summed E-state index contributed by atoms with van der Waals surface area (Å²) >= 11 is 0. The molecule has 1 heterocycles. The Kier molecular flexibility index (Phi) is 2.37. The van der Waals surface area contributed by atoms with Gasteiger partial charge in [-0.05, 0) is 38.8 Å². The average Bonchev–Trinajstić information content (AvgIpc) is 2.33. The minimum absolute atomic E-state index is 0.785. The third-order valence-electron chi connectivity index (χ3n) is 3.24. The van der Waals surface area contributed by atoms with Crippen LogP contribution < -0.4 is 5.32 Å². The molecule has 2 fully saturated rings. The molecule has 2 nitrogen and oxygen atoms in total. The fourth-order valence-electron chi connectivity index (χ4n) is 2.44. The van der Waals surface area contributed by atoms with Crippen LogP contribution in [0.4, 0.5) is 0 Å². The Balaban J connectivity index is 1.67. The van der Waals surface area contributed by atoms with Crippen molar-refractivity contribution in [1.29, 1.82) is 0 Å². The van der Waals surface area contributed by atoms with Gasteiger partial charge in [-0.2, -0.15) is 0 Å². The maximum absolute atomic E-state index is 3.73. The summed E-state index contributed by atoms with van der Waals surface area (Å²) < 4.78 is 0. The third kappa shape index (κ3) is 1.80. The molecule has 2 aliphatic rings. The summed E-state index contributed by atoms with van der Waals surface area (Å²) in [6, 6.07) is 1.63. The van der Waals surface area contributed by atoms with Crippen molar-refractivity contribution < 1.29 is 0 Å². The number of hydrogen-bond acceptors (Lipinski definition) is 2. The lowest BCUT2D eigenvalue weighted by Crippen LogP contribution is -2.46. The molecule has 2 heteroatoms. The maximum Gasteiger partial charge on any atom is 0.0209 e. The van der Waals surface area contributed by atoms with Crippen molar-refractivity contribution in [3.63, 3.8) is 0 Å². The van der Waals surface area contributed by atoms with Crippen molar-refractivity contribution in [2.24, 2.45) is 5.92 Å². The minimum Gasteiger partial charge on any atom is -0.310 e. The second-order valence-corrected chi connectivity index (χ2v) is 4.69. The molecule has 1 aliphatic heterocycles. The van der Waals surface area contributed by atoms with Crippen molar-refractivity contribution >= 4 is 0 Å². The van der Waals surface area contributed by atoms with Gasteiger partial charge in [0.15, 0.2) is 0 Å². The molecule has 1 atom stereocenters. The number of nitrogens with zero attached hydrogens (tertiary/aromatic N) is 1. The fraction of sp³-hybridized carbons (Fsp3) is 1.00.